The number of hydrogen-bond donors (Lipinski definition) is 1. The van der Waals surface area contributed by atoms with Crippen LogP contribution in [-0.4, -0.2) is 48.7 Å². The Labute approximate surface area is 148 Å². The standard InChI is InChI=1S/C19H27N3O3/c1-4-5-11-21(2)12-10-20-18(23)14-25-17-13-19(24)22(3)16-9-7-6-8-15(16)17/h6-9,13H,4-5,10-12,14H2,1-3H3,(H,20,23). The van der Waals surface area contributed by atoms with Crippen LogP contribution in [0.5, 0.6) is 5.75 Å². The number of pyridine rings is 1. The summed E-state index contributed by atoms with van der Waals surface area (Å²) in [6.07, 6.45) is 2.32. The summed E-state index contributed by atoms with van der Waals surface area (Å²) in [5.41, 5.74) is 0.620. The molecular weight excluding hydrogens is 318 g/mol. The van der Waals surface area contributed by atoms with Gasteiger partial charge >= 0.3 is 0 Å². The lowest BCUT2D eigenvalue weighted by Crippen LogP contribution is -2.36. The number of aryl methyl sites for hydroxylation is 1. The number of benzene rings is 1. The summed E-state index contributed by atoms with van der Waals surface area (Å²) in [5, 5.41) is 3.66. The number of hydrogen-bond acceptors (Lipinski definition) is 4. The SMILES string of the molecule is CCCCN(C)CCNC(=O)COc1cc(=O)n(C)c2ccccc12. The van der Waals surface area contributed by atoms with Crippen molar-refractivity contribution in [2.24, 2.45) is 7.05 Å². The first-order valence-electron chi connectivity index (χ1n) is 8.69. The first-order chi connectivity index (χ1) is 12.0. The Bertz CT molecular complexity index is 770. The summed E-state index contributed by atoms with van der Waals surface area (Å²) >= 11 is 0. The van der Waals surface area contributed by atoms with Gasteiger partial charge in [0.1, 0.15) is 5.75 Å². The van der Waals surface area contributed by atoms with E-state index in [4.69, 9.17) is 4.74 Å². The number of ether oxygens (including phenoxy) is 1. The van der Waals surface area contributed by atoms with Crippen molar-refractivity contribution in [3.63, 3.8) is 0 Å². The van der Waals surface area contributed by atoms with Crippen LogP contribution in [0.25, 0.3) is 10.9 Å². The molecule has 0 spiro atoms. The van der Waals surface area contributed by atoms with Gasteiger partial charge in [0.05, 0.1) is 5.52 Å². The van der Waals surface area contributed by atoms with Crippen molar-refractivity contribution >= 4 is 16.8 Å². The van der Waals surface area contributed by atoms with E-state index in [0.29, 0.717) is 12.3 Å². The third-order valence-corrected chi connectivity index (χ3v) is 4.18. The van der Waals surface area contributed by atoms with Gasteiger partial charge in [-0.05, 0) is 32.1 Å². The van der Waals surface area contributed by atoms with Crippen LogP contribution >= 0.6 is 0 Å². The van der Waals surface area contributed by atoms with Crippen molar-refractivity contribution in [1.82, 2.24) is 14.8 Å². The summed E-state index contributed by atoms with van der Waals surface area (Å²) in [7, 11) is 3.76. The molecule has 0 fully saturated rings. The quantitative estimate of drug-likeness (QED) is 0.752. The molecule has 25 heavy (non-hydrogen) atoms. The lowest BCUT2D eigenvalue weighted by Gasteiger charge is -2.16. The van der Waals surface area contributed by atoms with E-state index < -0.39 is 0 Å². The predicted molar refractivity (Wildman–Crippen MR) is 100 cm³/mol. The van der Waals surface area contributed by atoms with E-state index in [1.165, 1.54) is 6.07 Å². The van der Waals surface area contributed by atoms with Crippen LogP contribution in [0.2, 0.25) is 0 Å². The fraction of sp³-hybridized carbons (Fsp3) is 0.474. The highest BCUT2D eigenvalue weighted by Crippen LogP contribution is 2.22. The van der Waals surface area contributed by atoms with Gasteiger partial charge in [-0.3, -0.25) is 9.59 Å². The Hall–Kier alpha value is -2.34. The van der Waals surface area contributed by atoms with Crippen molar-refractivity contribution in [3.05, 3.63) is 40.7 Å². The second-order valence-corrected chi connectivity index (χ2v) is 6.22. The zero-order valence-electron chi connectivity index (χ0n) is 15.2. The van der Waals surface area contributed by atoms with E-state index in [0.717, 1.165) is 36.8 Å². The molecule has 1 heterocycles. The highest BCUT2D eigenvalue weighted by molar-refractivity contribution is 5.86. The number of carbonyl (C=O) groups excluding carboxylic acids is 1. The molecule has 0 atom stereocenters. The van der Waals surface area contributed by atoms with Gasteiger partial charge in [0, 0.05) is 31.6 Å². The van der Waals surface area contributed by atoms with Gasteiger partial charge in [-0.1, -0.05) is 25.5 Å². The Morgan fingerprint density at radius 2 is 2.04 bits per heavy atom. The second kappa shape index (κ2) is 9.22. The van der Waals surface area contributed by atoms with Crippen molar-refractivity contribution in [3.8, 4) is 5.75 Å². The number of fused-ring (bicyclic) bond motifs is 1. The fourth-order valence-electron chi connectivity index (χ4n) is 2.62. The number of rotatable bonds is 9. The highest BCUT2D eigenvalue weighted by atomic mass is 16.5. The number of likely N-dealkylation sites (N-methyl/N-ethyl adjacent to an activating group) is 1. The minimum Gasteiger partial charge on any atom is -0.483 e. The first kappa shape index (κ1) is 19.0. The van der Waals surface area contributed by atoms with Crippen LogP contribution in [-0.2, 0) is 11.8 Å². The van der Waals surface area contributed by atoms with Crippen LogP contribution in [0.3, 0.4) is 0 Å². The van der Waals surface area contributed by atoms with Crippen molar-refractivity contribution in [1.29, 1.82) is 0 Å². The molecule has 6 nitrogen and oxygen atoms in total. The Kier molecular flexibility index (Phi) is 7.01. The molecule has 6 heteroatoms. The molecule has 0 aliphatic heterocycles. The lowest BCUT2D eigenvalue weighted by atomic mass is 10.2. The molecule has 0 radical (unpaired) electrons. The lowest BCUT2D eigenvalue weighted by molar-refractivity contribution is -0.123. The summed E-state index contributed by atoms with van der Waals surface area (Å²) in [5.74, 6) is 0.252. The minimum atomic E-state index is -0.186. The molecule has 1 N–H and O–H groups in total. The summed E-state index contributed by atoms with van der Waals surface area (Å²) in [6.45, 7) is 4.48. The summed E-state index contributed by atoms with van der Waals surface area (Å²) in [4.78, 5) is 26.2. The first-order valence-corrected chi connectivity index (χ1v) is 8.69. The minimum absolute atomic E-state index is 0.101. The zero-order valence-corrected chi connectivity index (χ0v) is 15.2. The van der Waals surface area contributed by atoms with E-state index in [9.17, 15) is 9.59 Å². The van der Waals surface area contributed by atoms with Crippen molar-refractivity contribution in [2.75, 3.05) is 33.3 Å². The largest absolute Gasteiger partial charge is 0.483 e. The molecule has 0 bridgehead atoms. The zero-order chi connectivity index (χ0) is 18.2. The Morgan fingerprint density at radius 3 is 2.80 bits per heavy atom. The third-order valence-electron chi connectivity index (χ3n) is 4.18. The van der Waals surface area contributed by atoms with Crippen LogP contribution in [0.15, 0.2) is 35.1 Å². The average molecular weight is 345 g/mol. The monoisotopic (exact) mass is 345 g/mol. The normalized spacial score (nSPS) is 11.0. The molecular formula is C19H27N3O3. The summed E-state index contributed by atoms with van der Waals surface area (Å²) in [6, 6.07) is 8.91. The molecule has 2 aromatic rings. The number of aromatic nitrogens is 1. The van der Waals surface area contributed by atoms with Gasteiger partial charge in [0.15, 0.2) is 6.61 Å². The number of nitrogens with one attached hydrogen (secondary N) is 1. The Morgan fingerprint density at radius 1 is 1.28 bits per heavy atom. The average Bonchev–Trinajstić information content (AvgIpc) is 2.62. The number of amides is 1. The van der Waals surface area contributed by atoms with Crippen LogP contribution in [0.4, 0.5) is 0 Å². The molecule has 0 saturated heterocycles. The third kappa shape index (κ3) is 5.32. The molecule has 0 aliphatic carbocycles. The van der Waals surface area contributed by atoms with Gasteiger partial charge in [0.25, 0.3) is 11.5 Å². The van der Waals surface area contributed by atoms with Crippen LogP contribution in [0.1, 0.15) is 19.8 Å². The van der Waals surface area contributed by atoms with Crippen molar-refractivity contribution < 1.29 is 9.53 Å². The Balaban J connectivity index is 1.89. The highest BCUT2D eigenvalue weighted by Gasteiger charge is 2.09. The topological polar surface area (TPSA) is 63.6 Å². The fourth-order valence-corrected chi connectivity index (χ4v) is 2.62. The number of para-hydroxylation sites is 1. The summed E-state index contributed by atoms with van der Waals surface area (Å²) < 4.78 is 7.16. The molecule has 1 aromatic heterocycles. The molecule has 0 saturated carbocycles. The van der Waals surface area contributed by atoms with Crippen LogP contribution < -0.4 is 15.6 Å². The van der Waals surface area contributed by atoms with Crippen LogP contribution in [0, 0.1) is 0 Å². The predicted octanol–water partition coefficient (Wildman–Crippen LogP) is 1.77. The van der Waals surface area contributed by atoms with Gasteiger partial charge in [-0.2, -0.15) is 0 Å². The van der Waals surface area contributed by atoms with Gasteiger partial charge in [0.2, 0.25) is 0 Å². The van der Waals surface area contributed by atoms with Gasteiger partial charge in [-0.25, -0.2) is 0 Å². The maximum absolute atomic E-state index is 12.0. The molecule has 136 valence electrons. The molecule has 1 amide bonds. The molecule has 0 aliphatic rings. The number of nitrogens with zero attached hydrogens (tertiary/aromatic N) is 2. The smallest absolute Gasteiger partial charge is 0.257 e. The van der Waals surface area contributed by atoms with E-state index in [1.807, 2.05) is 31.3 Å². The van der Waals surface area contributed by atoms with E-state index in [2.05, 4.69) is 17.1 Å². The maximum Gasteiger partial charge on any atom is 0.257 e. The van der Waals surface area contributed by atoms with Gasteiger partial charge < -0.3 is 19.5 Å². The second-order valence-electron chi connectivity index (χ2n) is 6.22. The molecule has 1 aromatic carbocycles. The van der Waals surface area contributed by atoms with Crippen molar-refractivity contribution in [2.45, 2.75) is 19.8 Å². The maximum atomic E-state index is 12.0. The van der Waals surface area contributed by atoms with E-state index >= 15 is 0 Å². The number of carbonyl (C=O) groups is 1. The van der Waals surface area contributed by atoms with E-state index in [1.54, 1.807) is 11.6 Å². The number of unbranched alkanes of at least 4 members (excludes halogenated alkanes) is 1. The molecule has 0 unspecified atom stereocenters. The molecule has 2 rings (SSSR count). The van der Waals surface area contributed by atoms with Gasteiger partial charge in [-0.15, -0.1) is 0 Å². The van der Waals surface area contributed by atoms with E-state index in [-0.39, 0.29) is 18.1 Å².